The molecule has 5 rings (SSSR count). The van der Waals surface area contributed by atoms with E-state index in [1.807, 2.05) is 25.6 Å². The van der Waals surface area contributed by atoms with Gasteiger partial charge in [0.1, 0.15) is 5.65 Å². The van der Waals surface area contributed by atoms with Gasteiger partial charge in [0.15, 0.2) is 0 Å². The Balaban J connectivity index is 2.19. The maximum atomic E-state index is 4.55. The first-order chi connectivity index (χ1) is 10.3. The molecule has 0 saturated carbocycles. The Morgan fingerprint density at radius 3 is 2.81 bits per heavy atom. The molecular weight excluding hydrogens is 260 g/mol. The number of rotatable bonds is 0. The van der Waals surface area contributed by atoms with Crippen LogP contribution in [-0.2, 0) is 7.05 Å². The number of nitrogens with zero attached hydrogens (tertiary/aromatic N) is 4. The average Bonchev–Trinajstić information content (AvgIpc) is 3.14. The summed E-state index contributed by atoms with van der Waals surface area (Å²) in [5.41, 5.74) is 4.33. The third kappa shape index (κ3) is 1.29. The topological polar surface area (TPSA) is 35.1 Å². The van der Waals surface area contributed by atoms with Gasteiger partial charge < -0.3 is 8.97 Å². The summed E-state index contributed by atoms with van der Waals surface area (Å²) in [6, 6.07) is 12.7. The van der Waals surface area contributed by atoms with Crippen molar-refractivity contribution in [2.45, 2.75) is 0 Å². The van der Waals surface area contributed by atoms with Crippen LogP contribution in [0.4, 0.5) is 0 Å². The predicted molar refractivity (Wildman–Crippen MR) is 84.5 cm³/mol. The smallest absolute Gasteiger partial charge is 0.144 e. The molecule has 0 spiro atoms. The first kappa shape index (κ1) is 10.9. The molecule has 0 N–H and O–H groups in total. The van der Waals surface area contributed by atoms with Crippen LogP contribution in [0.25, 0.3) is 38.4 Å². The normalized spacial score (nSPS) is 12.0. The van der Waals surface area contributed by atoms with Crippen molar-refractivity contribution in [2.24, 2.45) is 7.05 Å². The average molecular weight is 272 g/mol. The Morgan fingerprint density at radius 1 is 0.905 bits per heavy atom. The van der Waals surface area contributed by atoms with Crippen LogP contribution >= 0.6 is 0 Å². The van der Waals surface area contributed by atoms with E-state index in [1.54, 1.807) is 0 Å². The van der Waals surface area contributed by atoms with Crippen molar-refractivity contribution in [1.29, 1.82) is 0 Å². The van der Waals surface area contributed by atoms with Gasteiger partial charge in [0.05, 0.1) is 22.9 Å². The van der Waals surface area contributed by atoms with E-state index in [4.69, 9.17) is 0 Å². The first-order valence-corrected chi connectivity index (χ1v) is 6.91. The lowest BCUT2D eigenvalue weighted by Gasteiger charge is -2.08. The molecule has 0 aliphatic rings. The van der Waals surface area contributed by atoms with Crippen LogP contribution < -0.4 is 0 Å². The molecule has 100 valence electrons. The minimum absolute atomic E-state index is 0.986. The number of fused-ring (bicyclic) bond motifs is 7. The summed E-state index contributed by atoms with van der Waals surface area (Å²) in [6.45, 7) is 0. The number of benzene rings is 1. The lowest BCUT2D eigenvalue weighted by Crippen LogP contribution is -1.92. The minimum Gasteiger partial charge on any atom is -0.334 e. The maximum absolute atomic E-state index is 4.55. The van der Waals surface area contributed by atoms with E-state index < -0.39 is 0 Å². The second-order valence-electron chi connectivity index (χ2n) is 5.38. The SMILES string of the molecule is Cn1cnc2cc3c(cc21)c1cccn1c1ncccc31. The second kappa shape index (κ2) is 3.61. The van der Waals surface area contributed by atoms with Crippen LogP contribution in [0, 0.1) is 0 Å². The molecule has 0 fully saturated rings. The van der Waals surface area contributed by atoms with Crippen LogP contribution in [0.5, 0.6) is 0 Å². The Labute approximate surface area is 120 Å². The second-order valence-corrected chi connectivity index (χ2v) is 5.38. The highest BCUT2D eigenvalue weighted by molar-refractivity contribution is 6.15. The van der Waals surface area contributed by atoms with Crippen molar-refractivity contribution in [3.8, 4) is 0 Å². The predicted octanol–water partition coefficient (Wildman–Crippen LogP) is 3.53. The molecule has 4 nitrogen and oxygen atoms in total. The van der Waals surface area contributed by atoms with Gasteiger partial charge in [0.25, 0.3) is 0 Å². The number of aryl methyl sites for hydroxylation is 1. The maximum Gasteiger partial charge on any atom is 0.144 e. The molecule has 0 bridgehead atoms. The Kier molecular flexibility index (Phi) is 1.86. The Morgan fingerprint density at radius 2 is 1.86 bits per heavy atom. The monoisotopic (exact) mass is 272 g/mol. The van der Waals surface area contributed by atoms with Gasteiger partial charge >= 0.3 is 0 Å². The lowest BCUT2D eigenvalue weighted by molar-refractivity contribution is 0.948. The molecule has 21 heavy (non-hydrogen) atoms. The number of aromatic nitrogens is 4. The van der Waals surface area contributed by atoms with E-state index in [1.165, 1.54) is 16.3 Å². The highest BCUT2D eigenvalue weighted by atomic mass is 15.0. The van der Waals surface area contributed by atoms with E-state index >= 15 is 0 Å². The van der Waals surface area contributed by atoms with Gasteiger partial charge in [0.2, 0.25) is 0 Å². The number of hydrogen-bond acceptors (Lipinski definition) is 2. The van der Waals surface area contributed by atoms with E-state index in [-0.39, 0.29) is 0 Å². The molecule has 0 saturated heterocycles. The van der Waals surface area contributed by atoms with Crippen LogP contribution in [-0.4, -0.2) is 18.9 Å². The zero-order chi connectivity index (χ0) is 14.0. The van der Waals surface area contributed by atoms with Crippen molar-refractivity contribution in [1.82, 2.24) is 18.9 Å². The van der Waals surface area contributed by atoms with Gasteiger partial charge in [-0.2, -0.15) is 0 Å². The Hall–Kier alpha value is -2.88. The molecular formula is C17H12N4. The van der Waals surface area contributed by atoms with Crippen molar-refractivity contribution in [3.05, 3.63) is 55.1 Å². The molecule has 0 aliphatic heterocycles. The van der Waals surface area contributed by atoms with Gasteiger partial charge in [-0.15, -0.1) is 0 Å². The zero-order valence-corrected chi connectivity index (χ0v) is 11.5. The molecule has 0 aliphatic carbocycles. The molecule has 0 radical (unpaired) electrons. The molecule has 0 atom stereocenters. The van der Waals surface area contributed by atoms with Crippen LogP contribution in [0.2, 0.25) is 0 Å². The number of hydrogen-bond donors (Lipinski definition) is 0. The highest BCUT2D eigenvalue weighted by Gasteiger charge is 2.11. The fraction of sp³-hybridized carbons (Fsp3) is 0.0588. The zero-order valence-electron chi connectivity index (χ0n) is 11.5. The van der Waals surface area contributed by atoms with E-state index in [0.29, 0.717) is 0 Å². The Bertz CT molecular complexity index is 1150. The highest BCUT2D eigenvalue weighted by Crippen LogP contribution is 2.31. The largest absolute Gasteiger partial charge is 0.334 e. The first-order valence-electron chi connectivity index (χ1n) is 6.91. The summed E-state index contributed by atoms with van der Waals surface area (Å²) in [7, 11) is 2.03. The van der Waals surface area contributed by atoms with Crippen molar-refractivity contribution in [2.75, 3.05) is 0 Å². The van der Waals surface area contributed by atoms with Gasteiger partial charge in [-0.05, 0) is 41.8 Å². The molecule has 0 amide bonds. The standard InChI is InChI=1S/C17H12N4/c1-20-10-19-14-8-12-11-4-2-6-18-17(11)21-7-3-5-15(21)13(12)9-16(14)20/h2-10H,1H3. The molecule has 0 unspecified atom stereocenters. The lowest BCUT2D eigenvalue weighted by atomic mass is 10.1. The van der Waals surface area contributed by atoms with E-state index in [9.17, 15) is 0 Å². The van der Waals surface area contributed by atoms with Crippen molar-refractivity contribution in [3.63, 3.8) is 0 Å². The number of pyridine rings is 2. The van der Waals surface area contributed by atoms with E-state index in [2.05, 4.69) is 55.5 Å². The van der Waals surface area contributed by atoms with Gasteiger partial charge in [0, 0.05) is 30.2 Å². The van der Waals surface area contributed by atoms with Crippen LogP contribution in [0.3, 0.4) is 0 Å². The summed E-state index contributed by atoms with van der Waals surface area (Å²) < 4.78 is 4.21. The van der Waals surface area contributed by atoms with Crippen LogP contribution in [0.15, 0.2) is 55.1 Å². The van der Waals surface area contributed by atoms with Crippen molar-refractivity contribution >= 4 is 38.4 Å². The molecule has 1 aromatic carbocycles. The summed E-state index contributed by atoms with van der Waals surface area (Å²) in [5, 5.41) is 3.59. The number of imidazole rings is 1. The summed E-state index contributed by atoms with van der Waals surface area (Å²) in [6.07, 6.45) is 5.77. The summed E-state index contributed by atoms with van der Waals surface area (Å²) in [4.78, 5) is 9.03. The summed E-state index contributed by atoms with van der Waals surface area (Å²) >= 11 is 0. The van der Waals surface area contributed by atoms with Crippen molar-refractivity contribution < 1.29 is 0 Å². The van der Waals surface area contributed by atoms with Gasteiger partial charge in [-0.1, -0.05) is 0 Å². The van der Waals surface area contributed by atoms with E-state index in [0.717, 1.165) is 22.1 Å². The van der Waals surface area contributed by atoms with Gasteiger partial charge in [-0.25, -0.2) is 9.97 Å². The van der Waals surface area contributed by atoms with Crippen LogP contribution in [0.1, 0.15) is 0 Å². The molecule has 4 heteroatoms. The minimum atomic E-state index is 0.986. The fourth-order valence-corrected chi connectivity index (χ4v) is 3.19. The quantitative estimate of drug-likeness (QED) is 0.404. The molecule has 4 aromatic heterocycles. The third-order valence-electron chi connectivity index (χ3n) is 4.19. The summed E-state index contributed by atoms with van der Waals surface area (Å²) in [5.74, 6) is 0. The third-order valence-corrected chi connectivity index (χ3v) is 4.19. The fourth-order valence-electron chi connectivity index (χ4n) is 3.19. The molecule has 4 heterocycles. The van der Waals surface area contributed by atoms with Gasteiger partial charge in [-0.3, -0.25) is 0 Å². The molecule has 5 aromatic rings.